The first-order chi connectivity index (χ1) is 15.9. The number of aryl methyl sites for hydroxylation is 2. The van der Waals surface area contributed by atoms with Gasteiger partial charge in [0, 0.05) is 44.4 Å². The molecule has 1 aliphatic carbocycles. The second-order valence-corrected chi connectivity index (χ2v) is 7.90. The van der Waals surface area contributed by atoms with E-state index in [9.17, 15) is 8.78 Å². The lowest BCUT2D eigenvalue weighted by Gasteiger charge is -2.34. The molecule has 33 heavy (non-hydrogen) atoms. The molecule has 0 aliphatic heterocycles. The summed E-state index contributed by atoms with van der Waals surface area (Å²) in [5.74, 6) is 1.97. The number of aromatic nitrogens is 7. The first-order valence-corrected chi connectivity index (χ1v) is 10.4. The highest BCUT2D eigenvalue weighted by Crippen LogP contribution is 2.38. The van der Waals surface area contributed by atoms with Gasteiger partial charge in [-0.15, -0.1) is 0 Å². The van der Waals surface area contributed by atoms with Gasteiger partial charge in [0.25, 0.3) is 0 Å². The fourth-order valence-electron chi connectivity index (χ4n) is 3.74. The summed E-state index contributed by atoms with van der Waals surface area (Å²) in [5, 5.41) is 12.7. The molecule has 10 nitrogen and oxygen atoms in total. The maximum Gasteiger partial charge on any atom is 0.241 e. The minimum Gasteiger partial charge on any atom is -0.489 e. The summed E-state index contributed by atoms with van der Waals surface area (Å²) in [4.78, 5) is 13.2. The highest BCUT2D eigenvalue weighted by atomic mass is 19.3. The van der Waals surface area contributed by atoms with Crippen LogP contribution < -0.4 is 14.8 Å². The molecule has 0 unspecified atom stereocenters. The van der Waals surface area contributed by atoms with Crippen molar-refractivity contribution in [2.75, 3.05) is 12.4 Å². The summed E-state index contributed by atoms with van der Waals surface area (Å²) in [6.07, 6.45) is 1.35. The summed E-state index contributed by atoms with van der Waals surface area (Å²) in [7, 11) is 5.10. The zero-order chi connectivity index (χ0) is 23.1. The van der Waals surface area contributed by atoms with Crippen LogP contribution in [0.2, 0.25) is 0 Å². The van der Waals surface area contributed by atoms with Gasteiger partial charge < -0.3 is 14.8 Å². The Morgan fingerprint density at radius 3 is 2.73 bits per heavy atom. The Bertz CT molecular complexity index is 1300. The predicted molar refractivity (Wildman–Crippen MR) is 116 cm³/mol. The number of ether oxygens (including phenoxy) is 2. The van der Waals surface area contributed by atoms with E-state index in [1.807, 2.05) is 0 Å². The lowest BCUT2D eigenvalue weighted by Crippen LogP contribution is -2.37. The van der Waals surface area contributed by atoms with Gasteiger partial charge in [-0.2, -0.15) is 15.2 Å². The largest absolute Gasteiger partial charge is 0.489 e. The van der Waals surface area contributed by atoms with Crippen LogP contribution in [0.3, 0.4) is 0 Å². The average molecular weight is 456 g/mol. The zero-order valence-electron chi connectivity index (χ0n) is 18.2. The smallest absolute Gasteiger partial charge is 0.241 e. The first-order valence-electron chi connectivity index (χ1n) is 10.4. The van der Waals surface area contributed by atoms with E-state index in [0.717, 1.165) is 5.39 Å². The highest BCUT2D eigenvalue weighted by Gasteiger charge is 2.37. The number of hydrogen-bond acceptors (Lipinski definition) is 8. The van der Waals surface area contributed by atoms with Crippen molar-refractivity contribution in [2.45, 2.75) is 25.4 Å². The second-order valence-electron chi connectivity index (χ2n) is 7.90. The highest BCUT2D eigenvalue weighted by molar-refractivity contribution is 5.84. The van der Waals surface area contributed by atoms with Crippen LogP contribution >= 0.6 is 0 Å². The molecular formula is C21H22F2N8O2. The molecule has 4 heterocycles. The van der Waals surface area contributed by atoms with Crippen LogP contribution in [0.25, 0.3) is 22.6 Å². The van der Waals surface area contributed by atoms with Crippen LogP contribution in [0.1, 0.15) is 12.8 Å². The molecule has 0 atom stereocenters. The van der Waals surface area contributed by atoms with Crippen LogP contribution in [0.5, 0.6) is 11.6 Å². The maximum atomic E-state index is 12.8. The average Bonchev–Trinajstić information content (AvgIpc) is 3.33. The van der Waals surface area contributed by atoms with Gasteiger partial charge in [0.05, 0.1) is 24.8 Å². The molecule has 1 fully saturated rings. The third-order valence-corrected chi connectivity index (χ3v) is 5.65. The molecule has 1 aliphatic rings. The minimum absolute atomic E-state index is 0.254. The molecule has 172 valence electrons. The fraction of sp³-hybridized carbons (Fsp3) is 0.381. The van der Waals surface area contributed by atoms with Gasteiger partial charge in [0.2, 0.25) is 12.3 Å². The molecule has 5 rings (SSSR count). The number of anilines is 2. The van der Waals surface area contributed by atoms with Crippen molar-refractivity contribution in [3.05, 3.63) is 30.6 Å². The number of nitrogens with one attached hydrogen (secondary N) is 1. The number of hydrogen-bond donors (Lipinski definition) is 1. The molecule has 0 amide bonds. The maximum absolute atomic E-state index is 12.8. The molecule has 1 saturated carbocycles. The predicted octanol–water partition coefficient (Wildman–Crippen LogP) is 3.33. The number of halogens is 2. The van der Waals surface area contributed by atoms with Crippen molar-refractivity contribution >= 4 is 22.7 Å². The van der Waals surface area contributed by atoms with Gasteiger partial charge in [0.15, 0.2) is 11.5 Å². The van der Waals surface area contributed by atoms with Crippen molar-refractivity contribution in [3.63, 3.8) is 0 Å². The zero-order valence-corrected chi connectivity index (χ0v) is 18.2. The molecule has 0 saturated heterocycles. The molecule has 0 radical (unpaired) electrons. The Hall–Kier alpha value is -3.83. The lowest BCUT2D eigenvalue weighted by molar-refractivity contribution is -0.0323. The van der Waals surface area contributed by atoms with E-state index >= 15 is 0 Å². The number of nitrogens with zero attached hydrogens (tertiary/aromatic N) is 7. The summed E-state index contributed by atoms with van der Waals surface area (Å²) >= 11 is 0. The first kappa shape index (κ1) is 21.0. The monoisotopic (exact) mass is 456 g/mol. The van der Waals surface area contributed by atoms with Crippen molar-refractivity contribution in [2.24, 2.45) is 20.0 Å². The SMILES string of the molecule is COc1ccnc(-c2cc(Nc3cc(OC4CC(C(F)F)C4)c4cnn(C)c4n3)n(C)n2)n1. The van der Waals surface area contributed by atoms with Crippen LogP contribution in [-0.4, -0.2) is 54.2 Å². The van der Waals surface area contributed by atoms with Gasteiger partial charge in [-0.1, -0.05) is 0 Å². The Labute approximate surface area is 187 Å². The number of alkyl halides is 2. The number of rotatable bonds is 7. The quantitative estimate of drug-likeness (QED) is 0.452. The van der Waals surface area contributed by atoms with Gasteiger partial charge in [0.1, 0.15) is 23.1 Å². The molecule has 12 heteroatoms. The van der Waals surface area contributed by atoms with Crippen LogP contribution in [0.4, 0.5) is 20.4 Å². The van der Waals surface area contributed by atoms with Crippen LogP contribution in [0.15, 0.2) is 30.6 Å². The Kier molecular flexibility index (Phi) is 5.27. The lowest BCUT2D eigenvalue weighted by atomic mass is 9.82. The van der Waals surface area contributed by atoms with E-state index < -0.39 is 12.3 Å². The Balaban J connectivity index is 1.42. The standard InChI is InChI=1S/C21H22F2N8O2/c1-30-17(8-14(29-30)20-24-5-4-18(28-20)32-3)26-16-9-15(13-10-25-31(2)21(13)27-16)33-12-6-11(7-12)19(22)23/h4-5,8-12,19H,6-7H2,1-3H3,(H,26,27). The third-order valence-electron chi connectivity index (χ3n) is 5.65. The number of fused-ring (bicyclic) bond motifs is 1. The van der Waals surface area contributed by atoms with E-state index in [0.29, 0.717) is 53.3 Å². The van der Waals surface area contributed by atoms with Gasteiger partial charge in [-0.25, -0.2) is 18.7 Å². The molecule has 0 bridgehead atoms. The van der Waals surface area contributed by atoms with E-state index in [2.05, 4.69) is 30.5 Å². The van der Waals surface area contributed by atoms with Crippen molar-refractivity contribution in [3.8, 4) is 23.1 Å². The van der Waals surface area contributed by atoms with E-state index in [1.54, 1.807) is 54.1 Å². The van der Waals surface area contributed by atoms with Crippen LogP contribution in [0, 0.1) is 5.92 Å². The van der Waals surface area contributed by atoms with Gasteiger partial charge in [-0.05, 0) is 12.8 Å². The molecule has 4 aromatic rings. The molecule has 4 aromatic heterocycles. The minimum atomic E-state index is -2.31. The third kappa shape index (κ3) is 4.03. The fourth-order valence-corrected chi connectivity index (χ4v) is 3.74. The Morgan fingerprint density at radius 1 is 1.15 bits per heavy atom. The normalized spacial score (nSPS) is 17.9. The summed E-state index contributed by atoms with van der Waals surface area (Å²) in [5.41, 5.74) is 1.17. The summed E-state index contributed by atoms with van der Waals surface area (Å²) < 4.78 is 40.2. The van der Waals surface area contributed by atoms with Gasteiger partial charge >= 0.3 is 0 Å². The topological polar surface area (TPSA) is 105 Å². The molecule has 0 aromatic carbocycles. The summed E-state index contributed by atoms with van der Waals surface area (Å²) in [6, 6.07) is 5.20. The van der Waals surface area contributed by atoms with Crippen molar-refractivity contribution in [1.82, 2.24) is 34.5 Å². The Morgan fingerprint density at radius 2 is 1.97 bits per heavy atom. The van der Waals surface area contributed by atoms with E-state index in [-0.39, 0.29) is 6.10 Å². The van der Waals surface area contributed by atoms with Crippen molar-refractivity contribution in [1.29, 1.82) is 0 Å². The van der Waals surface area contributed by atoms with Gasteiger partial charge in [-0.3, -0.25) is 9.36 Å². The summed E-state index contributed by atoms with van der Waals surface area (Å²) in [6.45, 7) is 0. The second kappa shape index (κ2) is 8.26. The van der Waals surface area contributed by atoms with Crippen LogP contribution in [-0.2, 0) is 14.1 Å². The van der Waals surface area contributed by atoms with E-state index in [1.165, 1.54) is 7.11 Å². The molecular weight excluding hydrogens is 434 g/mol. The molecule has 0 spiro atoms. The number of methoxy groups -OCH3 is 1. The van der Waals surface area contributed by atoms with E-state index in [4.69, 9.17) is 9.47 Å². The van der Waals surface area contributed by atoms with Crippen molar-refractivity contribution < 1.29 is 18.3 Å². The number of pyridine rings is 1. The molecule has 1 N–H and O–H groups in total.